The molecule has 2 heterocycles. The fourth-order valence-electron chi connectivity index (χ4n) is 2.29. The fourth-order valence-corrected chi connectivity index (χ4v) is 2.48. The molecule has 1 aromatic carbocycles. The predicted octanol–water partition coefficient (Wildman–Crippen LogP) is -1.88. The number of rotatable bonds is 7. The van der Waals surface area contributed by atoms with Gasteiger partial charge in [-0.2, -0.15) is 0 Å². The number of imidazole rings is 1. The van der Waals surface area contributed by atoms with Crippen LogP contribution in [-0.4, -0.2) is 16.1 Å². The van der Waals surface area contributed by atoms with E-state index in [4.69, 9.17) is 16.0 Å². The van der Waals surface area contributed by atoms with Gasteiger partial charge in [0.05, 0.1) is 17.9 Å². The first kappa shape index (κ1) is 21.5. The van der Waals surface area contributed by atoms with Gasteiger partial charge in [-0.25, -0.2) is 9.37 Å². The average molecular weight is 405 g/mol. The van der Waals surface area contributed by atoms with Crippen LogP contribution in [0.25, 0.3) is 11.3 Å². The zero-order valence-corrected chi connectivity index (χ0v) is 15.5. The minimum Gasteiger partial charge on any atom is -1.00 e. The van der Waals surface area contributed by atoms with Crippen molar-refractivity contribution in [1.29, 1.82) is 0 Å². The van der Waals surface area contributed by atoms with E-state index in [1.807, 2.05) is 29.2 Å². The van der Waals surface area contributed by atoms with Crippen molar-refractivity contribution in [3.63, 3.8) is 0 Å². The second-order valence-corrected chi connectivity index (χ2v) is 5.63. The highest BCUT2D eigenvalue weighted by atomic mass is 35.5. The Bertz CT molecular complexity index is 762. The third-order valence-corrected chi connectivity index (χ3v) is 3.78. The number of hydrogen-bond acceptors (Lipinski definition) is 3. The standard InChI is InChI=1S/C17H17ClFN3O.2ClH/c18-15-10-13(2-4-16(15)19)17-5-3-14(23-17)11-20-6-1-8-22-9-7-21-12-22;;/h2-5,7,9-10,12,20H,1,6,8,11H2;2*1H/p-2. The highest BCUT2D eigenvalue weighted by Gasteiger charge is 2.07. The monoisotopic (exact) mass is 403 g/mol. The van der Waals surface area contributed by atoms with Crippen molar-refractivity contribution in [3.05, 3.63) is 65.7 Å². The minimum atomic E-state index is -0.429. The largest absolute Gasteiger partial charge is 1.00 e. The lowest BCUT2D eigenvalue weighted by Gasteiger charge is -2.04. The van der Waals surface area contributed by atoms with Crippen LogP contribution in [0.15, 0.2) is 53.5 Å². The van der Waals surface area contributed by atoms with Crippen LogP contribution in [-0.2, 0) is 13.1 Å². The Balaban J connectivity index is 0.00000156. The number of nitrogens with one attached hydrogen (secondary N) is 1. The summed E-state index contributed by atoms with van der Waals surface area (Å²) < 4.78 is 21.0. The molecule has 3 aromatic rings. The van der Waals surface area contributed by atoms with Gasteiger partial charge in [-0.05, 0) is 43.3 Å². The smallest absolute Gasteiger partial charge is 0.141 e. The van der Waals surface area contributed by atoms with Gasteiger partial charge in [0.15, 0.2) is 0 Å². The van der Waals surface area contributed by atoms with E-state index in [1.165, 1.54) is 6.07 Å². The molecule has 0 aliphatic rings. The van der Waals surface area contributed by atoms with E-state index in [0.29, 0.717) is 12.3 Å². The number of furan rings is 1. The van der Waals surface area contributed by atoms with Crippen molar-refractivity contribution in [1.82, 2.24) is 14.9 Å². The summed E-state index contributed by atoms with van der Waals surface area (Å²) in [6.45, 7) is 2.47. The fraction of sp³-hybridized carbons (Fsp3) is 0.235. The first-order valence-electron chi connectivity index (χ1n) is 7.43. The van der Waals surface area contributed by atoms with E-state index in [1.54, 1.807) is 18.3 Å². The van der Waals surface area contributed by atoms with Gasteiger partial charge in [-0.3, -0.25) is 0 Å². The molecule has 0 atom stereocenters. The molecule has 0 saturated carbocycles. The summed E-state index contributed by atoms with van der Waals surface area (Å²) in [4.78, 5) is 4.01. The Morgan fingerprint density at radius 1 is 1.20 bits per heavy atom. The summed E-state index contributed by atoms with van der Waals surface area (Å²) in [6.07, 6.45) is 6.55. The van der Waals surface area contributed by atoms with Crippen LogP contribution in [0, 0.1) is 5.82 Å². The topological polar surface area (TPSA) is 43.0 Å². The molecule has 0 aliphatic heterocycles. The second kappa shape index (κ2) is 10.5. The molecule has 136 valence electrons. The zero-order valence-electron chi connectivity index (χ0n) is 13.3. The molecule has 0 unspecified atom stereocenters. The molecule has 0 aliphatic carbocycles. The average Bonchev–Trinajstić information content (AvgIpc) is 3.21. The molecule has 0 fully saturated rings. The Hall–Kier alpha value is -1.53. The molecular weight excluding hydrogens is 388 g/mol. The van der Waals surface area contributed by atoms with E-state index in [-0.39, 0.29) is 29.8 Å². The highest BCUT2D eigenvalue weighted by molar-refractivity contribution is 6.31. The van der Waals surface area contributed by atoms with Crippen molar-refractivity contribution >= 4 is 11.6 Å². The van der Waals surface area contributed by atoms with Crippen molar-refractivity contribution in [2.75, 3.05) is 6.54 Å². The first-order chi connectivity index (χ1) is 11.2. The molecular formula is C17H17Cl3FN3O-2. The second-order valence-electron chi connectivity index (χ2n) is 5.23. The molecule has 8 heteroatoms. The van der Waals surface area contributed by atoms with E-state index < -0.39 is 5.82 Å². The molecule has 3 rings (SSSR count). The number of benzene rings is 1. The maximum Gasteiger partial charge on any atom is 0.141 e. The third-order valence-electron chi connectivity index (χ3n) is 3.49. The van der Waals surface area contributed by atoms with E-state index in [0.717, 1.165) is 30.8 Å². The minimum absolute atomic E-state index is 0. The molecule has 4 nitrogen and oxygen atoms in total. The van der Waals surface area contributed by atoms with Gasteiger partial charge in [0.2, 0.25) is 0 Å². The Kier molecular flexibility index (Phi) is 9.00. The first-order valence-corrected chi connectivity index (χ1v) is 7.81. The molecule has 0 radical (unpaired) electrons. The Labute approximate surface area is 163 Å². The normalized spacial score (nSPS) is 10.2. The Morgan fingerprint density at radius 2 is 2.04 bits per heavy atom. The lowest BCUT2D eigenvalue weighted by Crippen LogP contribution is -3.00. The summed E-state index contributed by atoms with van der Waals surface area (Å²) in [5.41, 5.74) is 0.766. The summed E-state index contributed by atoms with van der Waals surface area (Å²) in [5.74, 6) is 1.09. The van der Waals surface area contributed by atoms with E-state index in [2.05, 4.69) is 10.3 Å². The molecule has 25 heavy (non-hydrogen) atoms. The van der Waals surface area contributed by atoms with Crippen LogP contribution in [0.5, 0.6) is 0 Å². The number of nitrogens with zero attached hydrogens (tertiary/aromatic N) is 2. The van der Waals surface area contributed by atoms with Crippen LogP contribution < -0.4 is 30.1 Å². The summed E-state index contributed by atoms with van der Waals surface area (Å²) in [7, 11) is 0. The van der Waals surface area contributed by atoms with Gasteiger partial charge in [-0.1, -0.05) is 11.6 Å². The summed E-state index contributed by atoms with van der Waals surface area (Å²) in [5, 5.41) is 3.43. The van der Waals surface area contributed by atoms with Crippen molar-refractivity contribution in [3.8, 4) is 11.3 Å². The van der Waals surface area contributed by atoms with Gasteiger partial charge in [-0.15, -0.1) is 0 Å². The van der Waals surface area contributed by atoms with Crippen LogP contribution in [0.3, 0.4) is 0 Å². The van der Waals surface area contributed by atoms with E-state index >= 15 is 0 Å². The van der Waals surface area contributed by atoms with Crippen LogP contribution >= 0.6 is 11.6 Å². The highest BCUT2D eigenvalue weighted by Crippen LogP contribution is 2.26. The van der Waals surface area contributed by atoms with Gasteiger partial charge < -0.3 is 39.1 Å². The molecule has 0 bridgehead atoms. The van der Waals surface area contributed by atoms with Crippen LogP contribution in [0.4, 0.5) is 4.39 Å². The van der Waals surface area contributed by atoms with E-state index in [9.17, 15) is 4.39 Å². The maximum atomic E-state index is 13.2. The molecule has 0 amide bonds. The summed E-state index contributed by atoms with van der Waals surface area (Å²) in [6, 6.07) is 8.34. The summed E-state index contributed by atoms with van der Waals surface area (Å²) >= 11 is 5.80. The van der Waals surface area contributed by atoms with Crippen LogP contribution in [0.1, 0.15) is 12.2 Å². The predicted molar refractivity (Wildman–Crippen MR) is 87.7 cm³/mol. The number of aromatic nitrogens is 2. The number of hydrogen-bond donors (Lipinski definition) is 1. The van der Waals surface area contributed by atoms with Crippen LogP contribution in [0.2, 0.25) is 5.02 Å². The van der Waals surface area contributed by atoms with Gasteiger partial charge >= 0.3 is 0 Å². The van der Waals surface area contributed by atoms with Crippen molar-refractivity contribution < 1.29 is 33.6 Å². The third kappa shape index (κ3) is 6.04. The van der Waals surface area contributed by atoms with Crippen molar-refractivity contribution in [2.24, 2.45) is 0 Å². The van der Waals surface area contributed by atoms with Gasteiger partial charge in [0, 0.05) is 24.5 Å². The van der Waals surface area contributed by atoms with Gasteiger partial charge in [0.25, 0.3) is 0 Å². The lowest BCUT2D eigenvalue weighted by atomic mass is 10.2. The zero-order chi connectivity index (χ0) is 16.1. The molecule has 0 spiro atoms. The molecule has 1 N–H and O–H groups in total. The number of halogens is 4. The quantitative estimate of drug-likeness (QED) is 0.469. The van der Waals surface area contributed by atoms with Crippen molar-refractivity contribution in [2.45, 2.75) is 19.5 Å². The SMILES string of the molecule is Fc1ccc(-c2ccc(CNCCCn3ccnc3)o2)cc1Cl.[Cl-].[Cl-]. The maximum absolute atomic E-state index is 13.2. The lowest BCUT2D eigenvalue weighted by molar-refractivity contribution is -0.00100. The Morgan fingerprint density at radius 3 is 2.76 bits per heavy atom. The van der Waals surface area contributed by atoms with Gasteiger partial charge in [0.1, 0.15) is 17.3 Å². The molecule has 0 saturated heterocycles. The molecule has 2 aromatic heterocycles. The number of aryl methyl sites for hydroxylation is 1.